The van der Waals surface area contributed by atoms with Crippen LogP contribution in [0.2, 0.25) is 0 Å². The van der Waals surface area contributed by atoms with Crippen LogP contribution in [0.25, 0.3) is 10.9 Å². The maximum atomic E-state index is 14.1. The van der Waals surface area contributed by atoms with Gasteiger partial charge in [-0.25, -0.2) is 9.18 Å². The summed E-state index contributed by atoms with van der Waals surface area (Å²) < 4.78 is 14.1. The lowest BCUT2D eigenvalue weighted by Crippen LogP contribution is -2.41. The second-order valence-corrected chi connectivity index (χ2v) is 7.33. The number of aromatic nitrogens is 1. The van der Waals surface area contributed by atoms with Crippen LogP contribution in [0.3, 0.4) is 0 Å². The number of carbonyl (C=O) groups excluding carboxylic acids is 1. The number of hydrogen-bond acceptors (Lipinski definition) is 2. The van der Waals surface area contributed by atoms with Crippen molar-refractivity contribution >= 4 is 16.9 Å². The molecule has 28 heavy (non-hydrogen) atoms. The molecule has 2 atom stereocenters. The largest absolute Gasteiger partial charge is 0.334 e. The van der Waals surface area contributed by atoms with Gasteiger partial charge in [-0.3, -0.25) is 4.79 Å². The monoisotopic (exact) mass is 379 g/mol. The van der Waals surface area contributed by atoms with E-state index < -0.39 is 0 Å². The van der Waals surface area contributed by atoms with E-state index in [2.05, 4.69) is 22.5 Å². The standard InChI is InChI=1S/C22H22FN3O2/c1-13-9-10-16-17(6-4-7-18(16)23)21(13)26-22(28)24-12-14-11-20(27)25-19-8-3-2-5-15(14)19/h2-8,11,13,21H,9-10,12H2,1H3,(H,25,27)(H2,24,26,28). The number of halogens is 1. The number of urea groups is 1. The molecule has 1 heterocycles. The second-order valence-electron chi connectivity index (χ2n) is 7.33. The zero-order valence-electron chi connectivity index (χ0n) is 15.6. The molecule has 0 bridgehead atoms. The number of para-hydroxylation sites is 1. The molecule has 0 fully saturated rings. The lowest BCUT2D eigenvalue weighted by atomic mass is 9.80. The fourth-order valence-electron chi connectivity index (χ4n) is 3.99. The zero-order valence-corrected chi connectivity index (χ0v) is 15.6. The van der Waals surface area contributed by atoms with Gasteiger partial charge in [0.1, 0.15) is 5.82 Å². The Morgan fingerprint density at radius 2 is 2.04 bits per heavy atom. The van der Waals surface area contributed by atoms with Gasteiger partial charge >= 0.3 is 6.03 Å². The van der Waals surface area contributed by atoms with Gasteiger partial charge in [-0.05, 0) is 47.6 Å². The second kappa shape index (κ2) is 7.46. The number of amides is 2. The first kappa shape index (κ1) is 18.2. The number of hydrogen-bond donors (Lipinski definition) is 3. The maximum Gasteiger partial charge on any atom is 0.315 e. The van der Waals surface area contributed by atoms with Crippen LogP contribution < -0.4 is 16.2 Å². The molecule has 0 aliphatic heterocycles. The van der Waals surface area contributed by atoms with Crippen molar-refractivity contribution in [1.29, 1.82) is 0 Å². The number of nitrogens with one attached hydrogen (secondary N) is 3. The Morgan fingerprint density at radius 3 is 2.89 bits per heavy atom. The fraction of sp³-hybridized carbons (Fsp3) is 0.273. The van der Waals surface area contributed by atoms with E-state index in [0.29, 0.717) is 12.0 Å². The molecule has 0 saturated carbocycles. The van der Waals surface area contributed by atoms with Gasteiger partial charge in [-0.1, -0.05) is 37.3 Å². The van der Waals surface area contributed by atoms with E-state index in [0.717, 1.165) is 28.5 Å². The Hall–Kier alpha value is -3.15. The lowest BCUT2D eigenvalue weighted by Gasteiger charge is -2.32. The summed E-state index contributed by atoms with van der Waals surface area (Å²) >= 11 is 0. The highest BCUT2D eigenvalue weighted by atomic mass is 19.1. The molecule has 6 heteroatoms. The number of carbonyl (C=O) groups is 1. The van der Waals surface area contributed by atoms with Crippen LogP contribution in [0.5, 0.6) is 0 Å². The highest BCUT2D eigenvalue weighted by molar-refractivity contribution is 5.82. The Kier molecular flexibility index (Phi) is 4.86. The van der Waals surface area contributed by atoms with E-state index >= 15 is 0 Å². The van der Waals surface area contributed by atoms with Crippen LogP contribution >= 0.6 is 0 Å². The lowest BCUT2D eigenvalue weighted by molar-refractivity contribution is 0.229. The zero-order chi connectivity index (χ0) is 19.7. The summed E-state index contributed by atoms with van der Waals surface area (Å²) in [6, 6.07) is 13.4. The maximum absolute atomic E-state index is 14.1. The van der Waals surface area contributed by atoms with Crippen LogP contribution in [0.4, 0.5) is 9.18 Å². The Bertz CT molecular complexity index is 1090. The van der Waals surface area contributed by atoms with E-state index in [-0.39, 0.29) is 35.9 Å². The van der Waals surface area contributed by atoms with Crippen molar-refractivity contribution in [3.05, 3.63) is 81.4 Å². The molecular formula is C22H22FN3O2. The Balaban J connectivity index is 1.50. The van der Waals surface area contributed by atoms with Crippen LogP contribution in [0, 0.1) is 11.7 Å². The third-order valence-electron chi connectivity index (χ3n) is 5.47. The van der Waals surface area contributed by atoms with Crippen molar-refractivity contribution in [3.63, 3.8) is 0 Å². The summed E-state index contributed by atoms with van der Waals surface area (Å²) in [5, 5.41) is 6.71. The van der Waals surface area contributed by atoms with Crippen molar-refractivity contribution in [3.8, 4) is 0 Å². The molecule has 5 nitrogen and oxygen atoms in total. The molecule has 3 aromatic rings. The predicted molar refractivity (Wildman–Crippen MR) is 107 cm³/mol. The topological polar surface area (TPSA) is 74.0 Å². The summed E-state index contributed by atoms with van der Waals surface area (Å²) in [6.45, 7) is 2.29. The number of aromatic amines is 1. The SMILES string of the molecule is CC1CCc2c(F)cccc2C1NC(=O)NCc1cc(=O)[nH]c2ccccc12. The van der Waals surface area contributed by atoms with E-state index in [4.69, 9.17) is 0 Å². The molecule has 1 aliphatic carbocycles. The number of H-pyrrole nitrogens is 1. The smallest absolute Gasteiger partial charge is 0.315 e. The van der Waals surface area contributed by atoms with E-state index in [9.17, 15) is 14.0 Å². The molecule has 144 valence electrons. The van der Waals surface area contributed by atoms with Crippen LogP contribution in [0.1, 0.15) is 36.1 Å². The predicted octanol–water partition coefficient (Wildman–Crippen LogP) is 3.79. The molecule has 0 radical (unpaired) electrons. The third kappa shape index (κ3) is 3.50. The van der Waals surface area contributed by atoms with E-state index in [1.54, 1.807) is 6.07 Å². The van der Waals surface area contributed by atoms with E-state index in [1.807, 2.05) is 30.3 Å². The number of fused-ring (bicyclic) bond motifs is 2. The molecule has 4 rings (SSSR count). The Labute approximate surface area is 162 Å². The number of benzene rings is 2. The van der Waals surface area contributed by atoms with Crippen molar-refractivity contribution in [2.24, 2.45) is 5.92 Å². The van der Waals surface area contributed by atoms with Gasteiger partial charge in [0.15, 0.2) is 0 Å². The van der Waals surface area contributed by atoms with Gasteiger partial charge in [0.05, 0.1) is 6.04 Å². The molecule has 0 spiro atoms. The number of rotatable bonds is 3. The number of pyridine rings is 1. The summed E-state index contributed by atoms with van der Waals surface area (Å²) in [5.74, 6) is -0.00737. The molecule has 1 aromatic heterocycles. The minimum Gasteiger partial charge on any atom is -0.334 e. The molecular weight excluding hydrogens is 357 g/mol. The first-order chi connectivity index (χ1) is 13.5. The first-order valence-corrected chi connectivity index (χ1v) is 9.45. The van der Waals surface area contributed by atoms with Gasteiger partial charge in [0, 0.05) is 23.5 Å². The summed E-state index contributed by atoms with van der Waals surface area (Å²) in [6.07, 6.45) is 1.50. The van der Waals surface area contributed by atoms with Gasteiger partial charge in [-0.2, -0.15) is 0 Å². The third-order valence-corrected chi connectivity index (χ3v) is 5.47. The summed E-state index contributed by atoms with van der Waals surface area (Å²) in [7, 11) is 0. The quantitative estimate of drug-likeness (QED) is 0.648. The van der Waals surface area contributed by atoms with Gasteiger partial charge in [0.2, 0.25) is 5.56 Å². The highest BCUT2D eigenvalue weighted by Gasteiger charge is 2.29. The molecule has 2 amide bonds. The molecule has 2 unspecified atom stereocenters. The average molecular weight is 379 g/mol. The highest BCUT2D eigenvalue weighted by Crippen LogP contribution is 2.35. The van der Waals surface area contributed by atoms with Crippen molar-refractivity contribution in [1.82, 2.24) is 15.6 Å². The van der Waals surface area contributed by atoms with Crippen molar-refractivity contribution in [2.75, 3.05) is 0 Å². The normalized spacial score (nSPS) is 18.5. The summed E-state index contributed by atoms with van der Waals surface area (Å²) in [4.78, 5) is 27.2. The molecule has 1 aliphatic rings. The van der Waals surface area contributed by atoms with Gasteiger partial charge in [-0.15, -0.1) is 0 Å². The Morgan fingerprint density at radius 1 is 1.21 bits per heavy atom. The fourth-order valence-corrected chi connectivity index (χ4v) is 3.99. The van der Waals surface area contributed by atoms with Gasteiger partial charge < -0.3 is 15.6 Å². The van der Waals surface area contributed by atoms with Crippen molar-refractivity contribution < 1.29 is 9.18 Å². The first-order valence-electron chi connectivity index (χ1n) is 9.45. The minimum absolute atomic E-state index is 0.207. The van der Waals surface area contributed by atoms with Crippen molar-refractivity contribution in [2.45, 2.75) is 32.4 Å². The molecule has 3 N–H and O–H groups in total. The van der Waals surface area contributed by atoms with Crippen LogP contribution in [0.15, 0.2) is 53.3 Å². The van der Waals surface area contributed by atoms with Crippen LogP contribution in [-0.2, 0) is 13.0 Å². The van der Waals surface area contributed by atoms with E-state index in [1.165, 1.54) is 12.1 Å². The van der Waals surface area contributed by atoms with Crippen LogP contribution in [-0.4, -0.2) is 11.0 Å². The summed E-state index contributed by atoms with van der Waals surface area (Å²) in [5.41, 5.74) is 2.80. The molecule has 2 aromatic carbocycles. The minimum atomic E-state index is -0.335. The average Bonchev–Trinajstić information content (AvgIpc) is 2.68. The molecule has 0 saturated heterocycles. The van der Waals surface area contributed by atoms with Gasteiger partial charge in [0.25, 0.3) is 0 Å².